The monoisotopic (exact) mass is 379 g/mol. The Balaban J connectivity index is 5.97. The molecule has 0 radical (unpaired) electrons. The van der Waals surface area contributed by atoms with Crippen molar-refractivity contribution in [2.24, 2.45) is 5.73 Å². The molecule has 0 bridgehead atoms. The molecular formula is C12H28ClNO6P2. The van der Waals surface area contributed by atoms with Crippen molar-refractivity contribution in [3.8, 4) is 0 Å². The third kappa shape index (κ3) is 5.02. The van der Waals surface area contributed by atoms with Crippen molar-refractivity contribution in [3.63, 3.8) is 0 Å². The van der Waals surface area contributed by atoms with Gasteiger partial charge in [0.1, 0.15) is 0 Å². The fraction of sp³-hybridized carbons (Fsp3) is 1.00. The van der Waals surface area contributed by atoms with Crippen molar-refractivity contribution < 1.29 is 27.2 Å². The molecule has 10 heteroatoms. The van der Waals surface area contributed by atoms with Gasteiger partial charge in [-0.3, -0.25) is 9.13 Å². The molecule has 0 aromatic heterocycles. The van der Waals surface area contributed by atoms with Crippen LogP contribution in [0.25, 0.3) is 0 Å². The van der Waals surface area contributed by atoms with E-state index in [4.69, 9.17) is 35.4 Å². The average molecular weight is 380 g/mol. The smallest absolute Gasteiger partial charge is 0.307 e. The molecule has 0 heterocycles. The molecule has 0 aliphatic rings. The Morgan fingerprint density at radius 1 is 0.864 bits per heavy atom. The molecule has 0 aliphatic carbocycles. The molecule has 2 N–H and O–H groups in total. The summed E-state index contributed by atoms with van der Waals surface area (Å²) in [6, 6.07) is 0. The van der Waals surface area contributed by atoms with Gasteiger partial charge in [0.15, 0.2) is 0 Å². The first-order valence-electron chi connectivity index (χ1n) is 7.44. The maximum absolute atomic E-state index is 13.2. The van der Waals surface area contributed by atoms with Gasteiger partial charge in [-0.25, -0.2) is 0 Å². The van der Waals surface area contributed by atoms with Crippen molar-refractivity contribution in [3.05, 3.63) is 0 Å². The molecule has 0 rings (SSSR count). The summed E-state index contributed by atoms with van der Waals surface area (Å²) in [7, 11) is -7.89. The summed E-state index contributed by atoms with van der Waals surface area (Å²) in [5, 5.41) is -1.90. The van der Waals surface area contributed by atoms with Gasteiger partial charge in [0.2, 0.25) is 5.02 Å². The van der Waals surface area contributed by atoms with Crippen molar-refractivity contribution in [1.82, 2.24) is 0 Å². The molecule has 0 aromatic rings. The Hall–Kier alpha value is 0.550. The fourth-order valence-corrected chi connectivity index (χ4v) is 7.25. The van der Waals surface area contributed by atoms with Gasteiger partial charge < -0.3 is 23.8 Å². The molecule has 0 amide bonds. The number of rotatable bonds is 13. The van der Waals surface area contributed by atoms with Crippen LogP contribution in [0.1, 0.15) is 40.5 Å². The van der Waals surface area contributed by atoms with Crippen LogP contribution in [-0.4, -0.2) is 37.3 Å². The quantitative estimate of drug-likeness (QED) is 0.379. The van der Waals surface area contributed by atoms with Gasteiger partial charge in [0.25, 0.3) is 0 Å². The first-order valence-corrected chi connectivity index (χ1v) is 11.1. The highest BCUT2D eigenvalue weighted by atomic mass is 35.5. The van der Waals surface area contributed by atoms with Crippen molar-refractivity contribution in [1.29, 1.82) is 0 Å². The number of hydrogen-bond donors (Lipinski definition) is 1. The first-order chi connectivity index (χ1) is 10.3. The molecular weight excluding hydrogens is 352 g/mol. The van der Waals surface area contributed by atoms with Crippen LogP contribution in [0.2, 0.25) is 0 Å². The van der Waals surface area contributed by atoms with Gasteiger partial charge >= 0.3 is 15.2 Å². The second-order valence-corrected chi connectivity index (χ2v) is 9.69. The van der Waals surface area contributed by atoms with Crippen LogP contribution in [0.3, 0.4) is 0 Å². The van der Waals surface area contributed by atoms with E-state index >= 15 is 0 Å². The van der Waals surface area contributed by atoms with Crippen LogP contribution >= 0.6 is 26.8 Å². The van der Waals surface area contributed by atoms with Crippen molar-refractivity contribution in [2.75, 3.05) is 32.3 Å². The average Bonchev–Trinajstić information content (AvgIpc) is 2.45. The van der Waals surface area contributed by atoms with E-state index in [1.54, 1.807) is 27.7 Å². The predicted molar refractivity (Wildman–Crippen MR) is 88.6 cm³/mol. The predicted octanol–water partition coefficient (Wildman–Crippen LogP) is 4.15. The lowest BCUT2D eigenvalue weighted by atomic mass is 10.3. The summed E-state index contributed by atoms with van der Waals surface area (Å²) in [5.41, 5.74) is 6.30. The zero-order valence-corrected chi connectivity index (χ0v) is 16.3. The fourth-order valence-electron chi connectivity index (χ4n) is 1.95. The Bertz CT molecular complexity index is 359. The van der Waals surface area contributed by atoms with Gasteiger partial charge in [0.05, 0.1) is 26.4 Å². The van der Waals surface area contributed by atoms with E-state index < -0.39 is 20.2 Å². The molecule has 0 spiro atoms. The number of nitrogens with two attached hydrogens (primary N) is 1. The number of alkyl halides is 1. The lowest BCUT2D eigenvalue weighted by molar-refractivity contribution is 0.175. The maximum atomic E-state index is 13.2. The molecule has 134 valence electrons. The van der Waals surface area contributed by atoms with E-state index in [9.17, 15) is 9.13 Å². The van der Waals surface area contributed by atoms with Gasteiger partial charge in [0, 0.05) is 5.88 Å². The van der Waals surface area contributed by atoms with Crippen LogP contribution in [0.5, 0.6) is 0 Å². The third-order valence-electron chi connectivity index (χ3n) is 2.82. The van der Waals surface area contributed by atoms with Crippen LogP contribution in [0.4, 0.5) is 0 Å². The summed E-state index contributed by atoms with van der Waals surface area (Å²) < 4.78 is 47.6. The minimum atomic E-state index is -3.95. The number of hydrogen-bond acceptors (Lipinski definition) is 7. The molecule has 22 heavy (non-hydrogen) atoms. The van der Waals surface area contributed by atoms with Gasteiger partial charge in [-0.05, 0) is 40.5 Å². The van der Waals surface area contributed by atoms with Crippen LogP contribution in [-0.2, 0) is 27.2 Å². The van der Waals surface area contributed by atoms with E-state index in [1.165, 1.54) is 0 Å². The van der Waals surface area contributed by atoms with Crippen molar-refractivity contribution >= 4 is 26.8 Å². The summed E-state index contributed by atoms with van der Waals surface area (Å²) in [6.07, 6.45) is 0.400. The lowest BCUT2D eigenvalue weighted by Crippen LogP contribution is -2.42. The summed E-state index contributed by atoms with van der Waals surface area (Å²) in [4.78, 5) is 0. The molecule has 0 saturated carbocycles. The summed E-state index contributed by atoms with van der Waals surface area (Å²) in [6.45, 7) is 6.98. The second-order valence-electron chi connectivity index (χ2n) is 4.34. The highest BCUT2D eigenvalue weighted by Crippen LogP contribution is 2.76. The van der Waals surface area contributed by atoms with Gasteiger partial charge in [-0.1, -0.05) is 0 Å². The molecule has 0 saturated heterocycles. The van der Waals surface area contributed by atoms with E-state index in [1.807, 2.05) is 0 Å². The standard InChI is InChI=1S/C12H28ClNO6P2/c1-5-17-21(15,18-6-2)12(14,10-9-11-13)22(16,19-7-3)20-8-4/h5-11,14H2,1-4H3. The largest absolute Gasteiger partial charge is 0.362 e. The Morgan fingerprint density at radius 2 is 1.18 bits per heavy atom. The molecule has 0 fully saturated rings. The zero-order chi connectivity index (χ0) is 17.3. The third-order valence-corrected chi connectivity index (χ3v) is 9.30. The topological polar surface area (TPSA) is 97.1 Å². The minimum Gasteiger partial charge on any atom is -0.307 e. The normalized spacial score (nSPS) is 13.5. The second kappa shape index (κ2) is 10.4. The first kappa shape index (κ1) is 22.6. The van der Waals surface area contributed by atoms with Gasteiger partial charge in [-0.2, -0.15) is 0 Å². The summed E-state index contributed by atoms with van der Waals surface area (Å²) >= 11 is 5.72. The van der Waals surface area contributed by atoms with E-state index in [2.05, 4.69) is 0 Å². The Kier molecular flexibility index (Phi) is 10.7. The van der Waals surface area contributed by atoms with Gasteiger partial charge in [-0.15, -0.1) is 11.6 Å². The molecule has 0 aliphatic heterocycles. The van der Waals surface area contributed by atoms with Crippen LogP contribution in [0.15, 0.2) is 0 Å². The van der Waals surface area contributed by atoms with E-state index in [0.717, 1.165) is 0 Å². The zero-order valence-electron chi connectivity index (χ0n) is 13.7. The molecule has 0 aromatic carbocycles. The van der Waals surface area contributed by atoms with Crippen LogP contribution < -0.4 is 5.73 Å². The molecule has 0 unspecified atom stereocenters. The Morgan fingerprint density at radius 3 is 1.41 bits per heavy atom. The van der Waals surface area contributed by atoms with Crippen LogP contribution in [0, 0.1) is 0 Å². The minimum absolute atomic E-state index is 0.0328. The lowest BCUT2D eigenvalue weighted by Gasteiger charge is -2.39. The summed E-state index contributed by atoms with van der Waals surface area (Å²) in [5.74, 6) is 0.259. The number of halogens is 1. The maximum Gasteiger partial charge on any atom is 0.362 e. The SMILES string of the molecule is CCOP(=O)(OCC)C(N)(CCCCl)P(=O)(OCC)OCC. The Labute approximate surface area is 138 Å². The molecule has 7 nitrogen and oxygen atoms in total. The van der Waals surface area contributed by atoms with Crippen molar-refractivity contribution in [2.45, 2.75) is 45.6 Å². The van der Waals surface area contributed by atoms with E-state index in [-0.39, 0.29) is 38.7 Å². The van der Waals surface area contributed by atoms with E-state index in [0.29, 0.717) is 6.42 Å². The molecule has 0 atom stereocenters. The highest BCUT2D eigenvalue weighted by molar-refractivity contribution is 7.74. The highest BCUT2D eigenvalue weighted by Gasteiger charge is 2.62.